The molecule has 0 saturated heterocycles. The zero-order chi connectivity index (χ0) is 9.42. The molecule has 0 spiro atoms. The molecule has 0 aliphatic carbocycles. The second-order valence-electron chi connectivity index (χ2n) is 3.50. The summed E-state index contributed by atoms with van der Waals surface area (Å²) in [7, 11) is 0. The molecule has 0 amide bonds. The van der Waals surface area contributed by atoms with Crippen LogP contribution in [0.4, 0.5) is 5.69 Å². The molecule has 2 N–H and O–H groups in total. The van der Waals surface area contributed by atoms with Crippen molar-refractivity contribution in [2.24, 2.45) is 0 Å². The van der Waals surface area contributed by atoms with Crippen molar-refractivity contribution >= 4 is 5.69 Å². The summed E-state index contributed by atoms with van der Waals surface area (Å²) >= 11 is 0. The van der Waals surface area contributed by atoms with Crippen molar-refractivity contribution in [1.82, 2.24) is 0 Å². The van der Waals surface area contributed by atoms with Gasteiger partial charge < -0.3 is 10.5 Å². The lowest BCUT2D eigenvalue weighted by Gasteiger charge is -2.09. The topological polar surface area (TPSA) is 35.2 Å². The summed E-state index contributed by atoms with van der Waals surface area (Å²) < 4.78 is 5.58. The minimum absolute atomic E-state index is 0.0654. The molecule has 2 nitrogen and oxygen atoms in total. The minimum atomic E-state index is 0.0654. The molecule has 1 aromatic rings. The predicted octanol–water partition coefficient (Wildman–Crippen LogP) is 2.42. The summed E-state index contributed by atoms with van der Waals surface area (Å²) in [6.07, 6.45) is 0.0654. The van der Waals surface area contributed by atoms with Gasteiger partial charge in [0.2, 0.25) is 0 Å². The third-order valence-corrected chi connectivity index (χ3v) is 2.30. The molecule has 1 heterocycles. The number of anilines is 1. The van der Waals surface area contributed by atoms with Crippen molar-refractivity contribution in [2.45, 2.75) is 19.6 Å². The maximum absolute atomic E-state index is 5.67. The zero-order valence-corrected chi connectivity index (χ0v) is 7.71. The Morgan fingerprint density at radius 1 is 1.62 bits per heavy atom. The molecule has 0 bridgehead atoms. The van der Waals surface area contributed by atoms with Crippen LogP contribution in [0.25, 0.3) is 0 Å². The number of rotatable bonds is 1. The van der Waals surface area contributed by atoms with Crippen LogP contribution < -0.4 is 5.73 Å². The number of nitrogens with two attached hydrogens (primary N) is 1. The molecule has 1 aromatic carbocycles. The monoisotopic (exact) mass is 175 g/mol. The summed E-state index contributed by atoms with van der Waals surface area (Å²) in [5.41, 5.74) is 9.91. The van der Waals surface area contributed by atoms with Gasteiger partial charge in [0.1, 0.15) is 6.10 Å². The van der Waals surface area contributed by atoms with Gasteiger partial charge in [0.25, 0.3) is 0 Å². The molecular formula is C11H13NO. The molecule has 68 valence electrons. The van der Waals surface area contributed by atoms with Crippen LogP contribution in [0.15, 0.2) is 30.4 Å². The van der Waals surface area contributed by atoms with Gasteiger partial charge in [-0.3, -0.25) is 0 Å². The van der Waals surface area contributed by atoms with Crippen molar-refractivity contribution in [3.05, 3.63) is 41.5 Å². The molecule has 1 unspecified atom stereocenters. The lowest BCUT2D eigenvalue weighted by molar-refractivity contribution is 0.0915. The lowest BCUT2D eigenvalue weighted by Crippen LogP contribution is -1.96. The maximum Gasteiger partial charge on any atom is 0.104 e. The van der Waals surface area contributed by atoms with Gasteiger partial charge in [-0.2, -0.15) is 0 Å². The van der Waals surface area contributed by atoms with Crippen molar-refractivity contribution in [3.63, 3.8) is 0 Å². The summed E-state index contributed by atoms with van der Waals surface area (Å²) in [6, 6.07) is 5.90. The minimum Gasteiger partial charge on any atom is -0.399 e. The molecule has 1 atom stereocenters. The van der Waals surface area contributed by atoms with E-state index in [1.54, 1.807) is 0 Å². The molecule has 13 heavy (non-hydrogen) atoms. The van der Waals surface area contributed by atoms with Crippen LogP contribution in [0.5, 0.6) is 0 Å². The van der Waals surface area contributed by atoms with E-state index in [9.17, 15) is 0 Å². The Labute approximate surface area is 78.0 Å². The van der Waals surface area contributed by atoms with Gasteiger partial charge >= 0.3 is 0 Å². The standard InChI is InChI=1S/C11H13NO/c1-7(2)11-10-4-3-9(12)5-8(10)6-13-11/h3-5,11H,1,6,12H2,2H3. The van der Waals surface area contributed by atoms with Crippen molar-refractivity contribution in [1.29, 1.82) is 0 Å². The van der Waals surface area contributed by atoms with Gasteiger partial charge in [0.15, 0.2) is 0 Å². The van der Waals surface area contributed by atoms with Gasteiger partial charge in [-0.15, -0.1) is 0 Å². The SMILES string of the molecule is C=C(C)C1OCc2cc(N)ccc21. The van der Waals surface area contributed by atoms with E-state index < -0.39 is 0 Å². The second kappa shape index (κ2) is 2.89. The first-order valence-electron chi connectivity index (χ1n) is 4.34. The number of nitrogen functional groups attached to an aromatic ring is 1. The van der Waals surface area contributed by atoms with E-state index in [4.69, 9.17) is 10.5 Å². The number of hydrogen-bond donors (Lipinski definition) is 1. The van der Waals surface area contributed by atoms with Crippen LogP contribution in [-0.4, -0.2) is 0 Å². The molecule has 2 heteroatoms. The number of benzene rings is 1. The van der Waals surface area contributed by atoms with Crippen molar-refractivity contribution in [2.75, 3.05) is 5.73 Å². The van der Waals surface area contributed by atoms with E-state index in [-0.39, 0.29) is 6.10 Å². The smallest absolute Gasteiger partial charge is 0.104 e. The Morgan fingerprint density at radius 3 is 3.08 bits per heavy atom. The third kappa shape index (κ3) is 1.33. The fraction of sp³-hybridized carbons (Fsp3) is 0.273. The largest absolute Gasteiger partial charge is 0.399 e. The molecule has 0 fully saturated rings. The normalized spacial score (nSPS) is 19.9. The lowest BCUT2D eigenvalue weighted by atomic mass is 10.0. The van der Waals surface area contributed by atoms with Crippen LogP contribution in [0.1, 0.15) is 24.2 Å². The van der Waals surface area contributed by atoms with E-state index >= 15 is 0 Å². The highest BCUT2D eigenvalue weighted by molar-refractivity contribution is 5.47. The van der Waals surface area contributed by atoms with E-state index in [0.717, 1.165) is 11.3 Å². The Balaban J connectivity index is 2.44. The third-order valence-electron chi connectivity index (χ3n) is 2.30. The van der Waals surface area contributed by atoms with Crippen molar-refractivity contribution < 1.29 is 4.74 Å². The molecule has 2 rings (SSSR count). The highest BCUT2D eigenvalue weighted by atomic mass is 16.5. The Kier molecular flexibility index (Phi) is 1.85. The molecule has 0 saturated carbocycles. The number of ether oxygens (including phenoxy) is 1. The fourth-order valence-electron chi connectivity index (χ4n) is 1.68. The van der Waals surface area contributed by atoms with Crippen LogP contribution in [0.3, 0.4) is 0 Å². The molecule has 0 radical (unpaired) electrons. The van der Waals surface area contributed by atoms with Gasteiger partial charge in [-0.1, -0.05) is 12.6 Å². The van der Waals surface area contributed by atoms with Gasteiger partial charge in [-0.05, 0) is 35.8 Å². The van der Waals surface area contributed by atoms with E-state index in [2.05, 4.69) is 6.58 Å². The highest BCUT2D eigenvalue weighted by Crippen LogP contribution is 2.35. The highest BCUT2D eigenvalue weighted by Gasteiger charge is 2.23. The van der Waals surface area contributed by atoms with E-state index in [1.807, 2.05) is 25.1 Å². The average Bonchev–Trinajstić information content (AvgIpc) is 2.46. The summed E-state index contributed by atoms with van der Waals surface area (Å²) in [5.74, 6) is 0. The van der Waals surface area contributed by atoms with Crippen LogP contribution in [0, 0.1) is 0 Å². The fourth-order valence-corrected chi connectivity index (χ4v) is 1.68. The molecule has 1 aliphatic rings. The number of hydrogen-bond acceptors (Lipinski definition) is 2. The first kappa shape index (κ1) is 8.32. The zero-order valence-electron chi connectivity index (χ0n) is 7.71. The van der Waals surface area contributed by atoms with Crippen LogP contribution >= 0.6 is 0 Å². The van der Waals surface area contributed by atoms with Gasteiger partial charge in [-0.25, -0.2) is 0 Å². The van der Waals surface area contributed by atoms with E-state index in [1.165, 1.54) is 11.1 Å². The second-order valence-corrected chi connectivity index (χ2v) is 3.50. The molecular weight excluding hydrogens is 162 g/mol. The Bertz CT molecular complexity index is 357. The van der Waals surface area contributed by atoms with Crippen molar-refractivity contribution in [3.8, 4) is 0 Å². The first-order chi connectivity index (χ1) is 6.18. The Hall–Kier alpha value is -1.28. The summed E-state index contributed by atoms with van der Waals surface area (Å²) in [5, 5.41) is 0. The van der Waals surface area contributed by atoms with Crippen LogP contribution in [0.2, 0.25) is 0 Å². The molecule has 1 aliphatic heterocycles. The van der Waals surface area contributed by atoms with Gasteiger partial charge in [0.05, 0.1) is 6.61 Å². The average molecular weight is 175 g/mol. The predicted molar refractivity (Wildman–Crippen MR) is 53.2 cm³/mol. The summed E-state index contributed by atoms with van der Waals surface area (Å²) in [4.78, 5) is 0. The van der Waals surface area contributed by atoms with Crippen LogP contribution in [-0.2, 0) is 11.3 Å². The Morgan fingerprint density at radius 2 is 2.38 bits per heavy atom. The van der Waals surface area contributed by atoms with Gasteiger partial charge in [0, 0.05) is 5.69 Å². The maximum atomic E-state index is 5.67. The first-order valence-corrected chi connectivity index (χ1v) is 4.34. The summed E-state index contributed by atoms with van der Waals surface area (Å²) in [6.45, 7) is 6.54. The quantitative estimate of drug-likeness (QED) is 0.525. The molecule has 0 aromatic heterocycles. The van der Waals surface area contributed by atoms with E-state index in [0.29, 0.717) is 6.61 Å². The number of fused-ring (bicyclic) bond motifs is 1.